The summed E-state index contributed by atoms with van der Waals surface area (Å²) < 4.78 is 5.57. The summed E-state index contributed by atoms with van der Waals surface area (Å²) in [6.45, 7) is 10.2. The highest BCUT2D eigenvalue weighted by Gasteiger charge is 2.28. The van der Waals surface area contributed by atoms with Crippen LogP contribution in [0.1, 0.15) is 25.3 Å². The minimum Gasteiger partial charge on any atom is -0.495 e. The Balaban J connectivity index is 1.30. The molecule has 2 aromatic carbocycles. The van der Waals surface area contributed by atoms with Gasteiger partial charge in [0, 0.05) is 45.3 Å². The van der Waals surface area contributed by atoms with E-state index in [0.717, 1.165) is 38.5 Å². The van der Waals surface area contributed by atoms with Crippen molar-refractivity contribution in [3.63, 3.8) is 0 Å². The predicted molar refractivity (Wildman–Crippen MR) is 126 cm³/mol. The van der Waals surface area contributed by atoms with Crippen LogP contribution in [0, 0.1) is 0 Å². The Bertz CT molecular complexity index is 827. The van der Waals surface area contributed by atoms with Crippen molar-refractivity contribution in [2.45, 2.75) is 25.8 Å². The standard InChI is InChI=1S/C26H35N3O/c1-22(19-23-9-4-3-5-10-23)20-27-14-8-11-24(21-27)28-15-17-29(18-16-28)25-12-6-7-13-26(25)30-2/h3-7,9-10,12-13,19,24H,8,11,14-18,20-21H2,1-2H3/b22-19+. The molecule has 2 fully saturated rings. The quantitative estimate of drug-likeness (QED) is 0.710. The van der Waals surface area contributed by atoms with E-state index in [0.29, 0.717) is 6.04 Å². The van der Waals surface area contributed by atoms with Gasteiger partial charge < -0.3 is 9.64 Å². The number of piperidine rings is 1. The van der Waals surface area contributed by atoms with E-state index in [9.17, 15) is 0 Å². The van der Waals surface area contributed by atoms with Crippen LogP contribution >= 0.6 is 0 Å². The molecule has 2 aromatic rings. The van der Waals surface area contributed by atoms with Gasteiger partial charge in [-0.05, 0) is 44.0 Å². The summed E-state index contributed by atoms with van der Waals surface area (Å²) in [4.78, 5) is 7.84. The third-order valence-corrected chi connectivity index (χ3v) is 6.42. The molecule has 2 aliphatic rings. The lowest BCUT2D eigenvalue weighted by Gasteiger charge is -2.44. The molecule has 30 heavy (non-hydrogen) atoms. The lowest BCUT2D eigenvalue weighted by atomic mass is 10.0. The summed E-state index contributed by atoms with van der Waals surface area (Å²) in [6.07, 6.45) is 4.96. The summed E-state index contributed by atoms with van der Waals surface area (Å²) in [5.41, 5.74) is 3.98. The van der Waals surface area contributed by atoms with E-state index in [4.69, 9.17) is 4.74 Å². The zero-order valence-electron chi connectivity index (χ0n) is 18.5. The molecular formula is C26H35N3O. The highest BCUT2D eigenvalue weighted by molar-refractivity contribution is 5.58. The highest BCUT2D eigenvalue weighted by atomic mass is 16.5. The van der Waals surface area contributed by atoms with Gasteiger partial charge in [-0.15, -0.1) is 0 Å². The van der Waals surface area contributed by atoms with Gasteiger partial charge in [-0.25, -0.2) is 0 Å². The van der Waals surface area contributed by atoms with Crippen molar-refractivity contribution in [2.24, 2.45) is 0 Å². The van der Waals surface area contributed by atoms with E-state index in [1.165, 1.54) is 42.8 Å². The highest BCUT2D eigenvalue weighted by Crippen LogP contribution is 2.29. The maximum Gasteiger partial charge on any atom is 0.142 e. The first-order valence-electron chi connectivity index (χ1n) is 11.3. The predicted octanol–water partition coefficient (Wildman–Crippen LogP) is 4.39. The molecule has 2 heterocycles. The molecule has 0 aliphatic carbocycles. The molecule has 0 aromatic heterocycles. The van der Waals surface area contributed by atoms with Gasteiger partial charge in [-0.2, -0.15) is 0 Å². The molecule has 1 unspecified atom stereocenters. The maximum atomic E-state index is 5.57. The topological polar surface area (TPSA) is 19.0 Å². The van der Waals surface area contributed by atoms with E-state index in [2.05, 4.69) is 76.2 Å². The molecule has 0 bridgehead atoms. The van der Waals surface area contributed by atoms with Gasteiger partial charge >= 0.3 is 0 Å². The van der Waals surface area contributed by atoms with Crippen LogP contribution in [0.25, 0.3) is 6.08 Å². The average Bonchev–Trinajstić information content (AvgIpc) is 2.80. The molecule has 4 rings (SSSR count). The molecule has 4 nitrogen and oxygen atoms in total. The summed E-state index contributed by atoms with van der Waals surface area (Å²) in [7, 11) is 1.76. The molecule has 0 spiro atoms. The van der Waals surface area contributed by atoms with E-state index >= 15 is 0 Å². The Morgan fingerprint density at radius 3 is 2.47 bits per heavy atom. The Labute approximate surface area is 181 Å². The number of hydrogen-bond acceptors (Lipinski definition) is 4. The van der Waals surface area contributed by atoms with Gasteiger partial charge in [-0.3, -0.25) is 9.80 Å². The first kappa shape index (κ1) is 21.0. The van der Waals surface area contributed by atoms with Gasteiger partial charge in [0.15, 0.2) is 0 Å². The van der Waals surface area contributed by atoms with Crippen LogP contribution in [0.3, 0.4) is 0 Å². The zero-order valence-corrected chi connectivity index (χ0v) is 18.5. The molecule has 160 valence electrons. The minimum atomic E-state index is 0.683. The number of anilines is 1. The second-order valence-electron chi connectivity index (χ2n) is 8.63. The monoisotopic (exact) mass is 405 g/mol. The number of piperazine rings is 1. The maximum absolute atomic E-state index is 5.57. The third kappa shape index (κ3) is 5.24. The number of methoxy groups -OCH3 is 1. The summed E-state index contributed by atoms with van der Waals surface area (Å²) in [5, 5.41) is 0. The molecule has 4 heteroatoms. The average molecular weight is 406 g/mol. The van der Waals surface area contributed by atoms with Gasteiger partial charge in [0.05, 0.1) is 12.8 Å². The molecule has 0 radical (unpaired) electrons. The number of ether oxygens (including phenoxy) is 1. The van der Waals surface area contributed by atoms with Crippen molar-refractivity contribution in [1.29, 1.82) is 0 Å². The Morgan fingerprint density at radius 1 is 0.967 bits per heavy atom. The number of nitrogens with zero attached hydrogens (tertiary/aromatic N) is 3. The van der Waals surface area contributed by atoms with Crippen LogP contribution in [0.2, 0.25) is 0 Å². The van der Waals surface area contributed by atoms with E-state index < -0.39 is 0 Å². The number of para-hydroxylation sites is 2. The van der Waals surface area contributed by atoms with Crippen LogP contribution in [-0.4, -0.2) is 68.8 Å². The van der Waals surface area contributed by atoms with Gasteiger partial charge in [0.1, 0.15) is 5.75 Å². The first-order valence-corrected chi connectivity index (χ1v) is 11.3. The number of benzene rings is 2. The first-order chi connectivity index (χ1) is 14.7. The second kappa shape index (κ2) is 10.1. The zero-order chi connectivity index (χ0) is 20.8. The van der Waals surface area contributed by atoms with Crippen LogP contribution in [0.15, 0.2) is 60.2 Å². The van der Waals surface area contributed by atoms with Crippen LogP contribution in [0.5, 0.6) is 5.75 Å². The molecule has 0 N–H and O–H groups in total. The van der Waals surface area contributed by atoms with Crippen molar-refractivity contribution < 1.29 is 4.74 Å². The SMILES string of the molecule is COc1ccccc1N1CCN(C2CCCN(C/C(C)=C/c3ccccc3)C2)CC1. The fourth-order valence-corrected chi connectivity index (χ4v) is 4.92. The lowest BCUT2D eigenvalue weighted by molar-refractivity contribution is 0.0978. The summed E-state index contributed by atoms with van der Waals surface area (Å²) >= 11 is 0. The number of hydrogen-bond donors (Lipinski definition) is 0. The lowest BCUT2D eigenvalue weighted by Crippen LogP contribution is -2.55. The normalized spacial score (nSPS) is 21.6. The third-order valence-electron chi connectivity index (χ3n) is 6.42. The molecule has 0 amide bonds. The molecule has 2 aliphatic heterocycles. The van der Waals surface area contributed by atoms with Gasteiger partial charge in [-0.1, -0.05) is 54.1 Å². The molecular weight excluding hydrogens is 370 g/mol. The minimum absolute atomic E-state index is 0.683. The second-order valence-corrected chi connectivity index (χ2v) is 8.63. The summed E-state index contributed by atoms with van der Waals surface area (Å²) in [5.74, 6) is 0.982. The van der Waals surface area contributed by atoms with Crippen LogP contribution in [-0.2, 0) is 0 Å². The Kier molecular flexibility index (Phi) is 7.08. The fourth-order valence-electron chi connectivity index (χ4n) is 4.92. The summed E-state index contributed by atoms with van der Waals surface area (Å²) in [6, 6.07) is 19.7. The van der Waals surface area contributed by atoms with E-state index in [1.807, 2.05) is 6.07 Å². The largest absolute Gasteiger partial charge is 0.495 e. The van der Waals surface area contributed by atoms with Crippen LogP contribution < -0.4 is 9.64 Å². The Hall–Kier alpha value is -2.30. The number of likely N-dealkylation sites (tertiary alicyclic amines) is 1. The molecule has 0 saturated carbocycles. The van der Waals surface area contributed by atoms with Gasteiger partial charge in [0.2, 0.25) is 0 Å². The molecule has 2 saturated heterocycles. The van der Waals surface area contributed by atoms with Crippen molar-refractivity contribution in [2.75, 3.05) is 57.8 Å². The molecule has 1 atom stereocenters. The van der Waals surface area contributed by atoms with Gasteiger partial charge in [0.25, 0.3) is 0 Å². The van der Waals surface area contributed by atoms with Crippen LogP contribution in [0.4, 0.5) is 5.69 Å². The van der Waals surface area contributed by atoms with Crippen molar-refractivity contribution in [1.82, 2.24) is 9.80 Å². The van der Waals surface area contributed by atoms with Crippen molar-refractivity contribution >= 4 is 11.8 Å². The van der Waals surface area contributed by atoms with Crippen molar-refractivity contribution in [3.05, 3.63) is 65.7 Å². The Morgan fingerprint density at radius 2 is 1.70 bits per heavy atom. The van der Waals surface area contributed by atoms with Crippen molar-refractivity contribution in [3.8, 4) is 5.75 Å². The van der Waals surface area contributed by atoms with E-state index in [1.54, 1.807) is 7.11 Å². The fraction of sp³-hybridized carbons (Fsp3) is 0.462. The number of rotatable bonds is 6. The smallest absolute Gasteiger partial charge is 0.142 e. The van der Waals surface area contributed by atoms with E-state index in [-0.39, 0.29) is 0 Å².